The molecule has 176 valence electrons. The lowest BCUT2D eigenvalue weighted by molar-refractivity contribution is -0.155. The van der Waals surface area contributed by atoms with Gasteiger partial charge >= 0.3 is 23.9 Å². The first kappa shape index (κ1) is 22.7. The smallest absolute Gasteiger partial charge is 0.355 e. The molecule has 0 radical (unpaired) electrons. The Morgan fingerprint density at radius 1 is 0.571 bits per heavy atom. The van der Waals surface area contributed by atoms with Crippen molar-refractivity contribution < 1.29 is 38.1 Å². The summed E-state index contributed by atoms with van der Waals surface area (Å²) in [5.74, 6) is -1.62. The number of cyclic esters (lactones) is 4. The Hall–Kier alpha value is -4.11. The van der Waals surface area contributed by atoms with Crippen LogP contribution < -0.4 is 9.47 Å². The molecule has 35 heavy (non-hydrogen) atoms. The van der Waals surface area contributed by atoms with E-state index in [4.69, 9.17) is 9.47 Å². The molecule has 3 aromatic rings. The van der Waals surface area contributed by atoms with Crippen LogP contribution in [0.1, 0.15) is 12.8 Å². The molecule has 0 spiro atoms. The highest BCUT2D eigenvalue weighted by Gasteiger charge is 2.37. The van der Waals surface area contributed by atoms with Crippen LogP contribution in [0.4, 0.5) is 0 Å². The summed E-state index contributed by atoms with van der Waals surface area (Å²) in [6, 6.07) is 24.7. The fraction of sp³-hybridized carbons (Fsp3) is 0.154. The number of carbonyl (C=O) groups excluding carboxylic acids is 4. The maximum Gasteiger partial charge on any atom is 0.355 e. The summed E-state index contributed by atoms with van der Waals surface area (Å²) in [4.78, 5) is 49.1. The van der Waals surface area contributed by atoms with E-state index in [1.54, 1.807) is 24.3 Å². The molecule has 0 aliphatic carbocycles. The zero-order valence-corrected chi connectivity index (χ0v) is 19.1. The first-order valence-corrected chi connectivity index (χ1v) is 12.0. The molecule has 2 fully saturated rings. The van der Waals surface area contributed by atoms with E-state index in [1.807, 2.05) is 54.6 Å². The number of benzene rings is 3. The second-order valence-electron chi connectivity index (χ2n) is 7.77. The van der Waals surface area contributed by atoms with Gasteiger partial charge in [0.25, 0.3) is 0 Å². The van der Waals surface area contributed by atoms with E-state index in [1.165, 1.54) is 0 Å². The van der Waals surface area contributed by atoms with Crippen LogP contribution in [-0.4, -0.2) is 36.1 Å². The first-order chi connectivity index (χ1) is 17.0. The van der Waals surface area contributed by atoms with Crippen LogP contribution in [0.2, 0.25) is 0 Å². The van der Waals surface area contributed by atoms with Crippen molar-refractivity contribution >= 4 is 34.8 Å². The third-order valence-electron chi connectivity index (χ3n) is 5.31. The lowest BCUT2D eigenvalue weighted by atomic mass is 10.3. The van der Waals surface area contributed by atoms with Gasteiger partial charge in [0.05, 0.1) is 23.7 Å². The number of carbonyl (C=O) groups is 4. The molecule has 5 rings (SSSR count). The second kappa shape index (κ2) is 9.63. The van der Waals surface area contributed by atoms with Gasteiger partial charge in [-0.2, -0.15) is 0 Å². The fourth-order valence-electron chi connectivity index (χ4n) is 3.69. The van der Waals surface area contributed by atoms with E-state index >= 15 is 0 Å². The SMILES string of the molecule is O=C1CC(Oc2ccc([S+](c3ccccc3)c3ccc(OC4CC(=O)OC4=O)cc3)cc2)C(=O)O1. The maximum atomic E-state index is 11.7. The van der Waals surface area contributed by atoms with E-state index in [2.05, 4.69) is 9.47 Å². The van der Waals surface area contributed by atoms with Crippen molar-refractivity contribution in [2.45, 2.75) is 39.7 Å². The highest BCUT2D eigenvalue weighted by atomic mass is 32.2. The highest BCUT2D eigenvalue weighted by Crippen LogP contribution is 2.33. The minimum Gasteiger partial charge on any atom is -0.478 e. The van der Waals surface area contributed by atoms with Gasteiger partial charge in [0.1, 0.15) is 11.5 Å². The molecule has 0 N–H and O–H groups in total. The quantitative estimate of drug-likeness (QED) is 0.282. The Labute approximate surface area is 203 Å². The van der Waals surface area contributed by atoms with Crippen LogP contribution in [0.5, 0.6) is 11.5 Å². The molecule has 0 saturated carbocycles. The number of esters is 4. The molecule has 8 nitrogen and oxygen atoms in total. The highest BCUT2D eigenvalue weighted by molar-refractivity contribution is 7.97. The average molecular weight is 491 g/mol. The van der Waals surface area contributed by atoms with Crippen molar-refractivity contribution in [3.63, 3.8) is 0 Å². The van der Waals surface area contributed by atoms with Crippen molar-refractivity contribution in [3.05, 3.63) is 78.9 Å². The van der Waals surface area contributed by atoms with Gasteiger partial charge in [0, 0.05) is 0 Å². The van der Waals surface area contributed by atoms with E-state index in [-0.39, 0.29) is 12.8 Å². The lowest BCUT2D eigenvalue weighted by Crippen LogP contribution is -2.21. The van der Waals surface area contributed by atoms with Crippen LogP contribution >= 0.6 is 0 Å². The fourth-order valence-corrected chi connectivity index (χ4v) is 5.75. The number of hydrogen-bond acceptors (Lipinski definition) is 8. The zero-order chi connectivity index (χ0) is 24.4. The van der Waals surface area contributed by atoms with Gasteiger partial charge in [-0.25, -0.2) is 9.59 Å². The van der Waals surface area contributed by atoms with Crippen LogP contribution in [0.25, 0.3) is 0 Å². The molecule has 2 aliphatic rings. The molecule has 0 bridgehead atoms. The predicted molar refractivity (Wildman–Crippen MR) is 122 cm³/mol. The van der Waals surface area contributed by atoms with Crippen molar-refractivity contribution in [1.82, 2.24) is 0 Å². The van der Waals surface area contributed by atoms with E-state index < -0.39 is 47.0 Å². The average Bonchev–Trinajstić information content (AvgIpc) is 3.35. The van der Waals surface area contributed by atoms with Gasteiger partial charge in [-0.3, -0.25) is 9.59 Å². The molecule has 2 unspecified atom stereocenters. The molecule has 2 heterocycles. The topological polar surface area (TPSA) is 105 Å². The van der Waals surface area contributed by atoms with Crippen LogP contribution in [0.15, 0.2) is 93.5 Å². The molecule has 0 aromatic heterocycles. The van der Waals surface area contributed by atoms with Gasteiger partial charge in [-0.1, -0.05) is 18.2 Å². The Balaban J connectivity index is 1.37. The predicted octanol–water partition coefficient (Wildman–Crippen LogP) is 3.22. The van der Waals surface area contributed by atoms with Gasteiger partial charge < -0.3 is 18.9 Å². The van der Waals surface area contributed by atoms with E-state index in [0.717, 1.165) is 14.7 Å². The van der Waals surface area contributed by atoms with Crippen molar-refractivity contribution in [2.24, 2.45) is 0 Å². The lowest BCUT2D eigenvalue weighted by Gasteiger charge is -2.12. The third kappa shape index (κ3) is 5.04. The van der Waals surface area contributed by atoms with E-state index in [9.17, 15) is 19.2 Å². The van der Waals surface area contributed by atoms with Gasteiger partial charge in [0.2, 0.25) is 12.2 Å². The Morgan fingerprint density at radius 2 is 0.971 bits per heavy atom. The maximum absolute atomic E-state index is 11.7. The molecule has 2 saturated heterocycles. The van der Waals surface area contributed by atoms with Gasteiger partial charge in [-0.05, 0) is 60.7 Å². The summed E-state index contributed by atoms with van der Waals surface area (Å²) in [5.41, 5.74) is 0. The monoisotopic (exact) mass is 491 g/mol. The summed E-state index contributed by atoms with van der Waals surface area (Å²) in [5, 5.41) is 0. The van der Waals surface area contributed by atoms with Crippen molar-refractivity contribution in [1.29, 1.82) is 0 Å². The van der Waals surface area contributed by atoms with Crippen molar-refractivity contribution in [2.75, 3.05) is 0 Å². The summed E-state index contributed by atoms with van der Waals surface area (Å²) >= 11 is 0. The summed E-state index contributed by atoms with van der Waals surface area (Å²) in [6.07, 6.45) is -2.06. The van der Waals surface area contributed by atoms with Gasteiger partial charge in [0.15, 0.2) is 14.7 Å². The molecule has 9 heteroatoms. The minimum absolute atomic E-state index is 0.101. The Morgan fingerprint density at radius 3 is 1.34 bits per heavy atom. The number of ether oxygens (including phenoxy) is 4. The van der Waals surface area contributed by atoms with Gasteiger partial charge in [-0.15, -0.1) is 0 Å². The molecule has 2 atom stereocenters. The molecule has 2 aliphatic heterocycles. The summed E-state index contributed by atoms with van der Waals surface area (Å²) < 4.78 is 20.3. The summed E-state index contributed by atoms with van der Waals surface area (Å²) in [6.45, 7) is 0. The standard InChI is InChI=1S/C26H19O8S/c27-23-14-21(25(29)33-23)31-16-6-10-19(11-7-16)35(18-4-2-1-3-5-18)20-12-8-17(9-13-20)32-22-15-24(28)34-26(22)30/h1-13,21-22H,14-15H2/q+1. The minimum atomic E-state index is -0.930. The van der Waals surface area contributed by atoms with Crippen LogP contribution in [0, 0.1) is 0 Å². The Kier molecular flexibility index (Phi) is 6.24. The Bertz CT molecular complexity index is 1190. The third-order valence-corrected chi connectivity index (χ3v) is 7.54. The molecular formula is C26H19O8S+. The van der Waals surface area contributed by atoms with Crippen LogP contribution in [0.3, 0.4) is 0 Å². The summed E-state index contributed by atoms with van der Waals surface area (Å²) in [7, 11) is -0.467. The zero-order valence-electron chi connectivity index (χ0n) is 18.2. The first-order valence-electron chi connectivity index (χ1n) is 10.8. The second-order valence-corrected chi connectivity index (χ2v) is 9.80. The molecule has 0 amide bonds. The van der Waals surface area contributed by atoms with Crippen molar-refractivity contribution in [3.8, 4) is 11.5 Å². The normalized spacial score (nSPS) is 20.3. The van der Waals surface area contributed by atoms with Crippen LogP contribution in [-0.2, 0) is 39.5 Å². The largest absolute Gasteiger partial charge is 0.478 e. The molecular weight excluding hydrogens is 472 g/mol. The number of rotatable bonds is 7. The number of hydrogen-bond donors (Lipinski definition) is 0. The molecule has 3 aromatic carbocycles. The van der Waals surface area contributed by atoms with E-state index in [0.29, 0.717) is 11.5 Å².